The molecule has 1 aromatic rings. The summed E-state index contributed by atoms with van der Waals surface area (Å²) >= 11 is 0. The van der Waals surface area contributed by atoms with Crippen LogP contribution in [0.2, 0.25) is 0 Å². The van der Waals surface area contributed by atoms with Gasteiger partial charge in [-0.25, -0.2) is 0 Å². The van der Waals surface area contributed by atoms with Crippen LogP contribution < -0.4 is 4.74 Å². The Balaban J connectivity index is 0.00000312. The van der Waals surface area contributed by atoms with Gasteiger partial charge in [0, 0.05) is 12.6 Å². The van der Waals surface area contributed by atoms with E-state index in [1.54, 1.807) is 0 Å². The van der Waals surface area contributed by atoms with E-state index in [0.717, 1.165) is 12.2 Å². The number of aliphatic hydroxyl groups excluding tert-OH is 1. The van der Waals surface area contributed by atoms with Crippen molar-refractivity contribution in [1.82, 2.24) is 4.90 Å². The molecule has 5 heteroatoms. The van der Waals surface area contributed by atoms with Crippen LogP contribution in [0.3, 0.4) is 0 Å². The lowest BCUT2D eigenvalue weighted by Gasteiger charge is -2.32. The molecule has 0 amide bonds. The summed E-state index contributed by atoms with van der Waals surface area (Å²) in [6.07, 6.45) is 7.12. The van der Waals surface area contributed by atoms with Crippen molar-refractivity contribution in [2.24, 2.45) is 0 Å². The number of aryl methyl sites for hydroxylation is 1. The predicted molar refractivity (Wildman–Crippen MR) is 105 cm³/mol. The van der Waals surface area contributed by atoms with Crippen LogP contribution in [0.15, 0.2) is 24.3 Å². The quantitative estimate of drug-likeness (QED) is 0.637. The molecule has 144 valence electrons. The van der Waals surface area contributed by atoms with Crippen LogP contribution >= 0.6 is 12.4 Å². The summed E-state index contributed by atoms with van der Waals surface area (Å²) in [6.45, 7) is 4.20. The summed E-state index contributed by atoms with van der Waals surface area (Å²) in [5, 5.41) is 10.1. The number of benzene rings is 1. The molecule has 0 aromatic heterocycles. The van der Waals surface area contributed by atoms with Crippen LogP contribution in [0.1, 0.15) is 44.6 Å². The van der Waals surface area contributed by atoms with Crippen molar-refractivity contribution in [3.63, 3.8) is 0 Å². The van der Waals surface area contributed by atoms with E-state index in [4.69, 9.17) is 9.47 Å². The van der Waals surface area contributed by atoms with Crippen molar-refractivity contribution in [2.75, 3.05) is 33.4 Å². The van der Waals surface area contributed by atoms with Crippen molar-refractivity contribution in [3.05, 3.63) is 29.8 Å². The molecule has 1 aliphatic carbocycles. The van der Waals surface area contributed by atoms with Gasteiger partial charge < -0.3 is 19.5 Å². The summed E-state index contributed by atoms with van der Waals surface area (Å²) in [7, 11) is 2.11. The molecule has 0 radical (unpaired) electrons. The number of hydrogen-bond acceptors (Lipinski definition) is 4. The van der Waals surface area contributed by atoms with Gasteiger partial charge in [-0.2, -0.15) is 0 Å². The molecule has 1 fully saturated rings. The maximum atomic E-state index is 10.1. The summed E-state index contributed by atoms with van der Waals surface area (Å²) < 4.78 is 11.2. The molecule has 1 aromatic carbocycles. The van der Waals surface area contributed by atoms with Gasteiger partial charge in [0.25, 0.3) is 0 Å². The van der Waals surface area contributed by atoms with E-state index in [1.807, 2.05) is 12.1 Å². The van der Waals surface area contributed by atoms with Gasteiger partial charge in [-0.15, -0.1) is 12.4 Å². The van der Waals surface area contributed by atoms with Gasteiger partial charge in [0.05, 0.1) is 19.3 Å². The summed E-state index contributed by atoms with van der Waals surface area (Å²) in [6, 6.07) is 8.78. The first kappa shape index (κ1) is 22.2. The minimum absolute atomic E-state index is 0. The van der Waals surface area contributed by atoms with Gasteiger partial charge in [0.1, 0.15) is 12.4 Å². The van der Waals surface area contributed by atoms with Gasteiger partial charge in [0.2, 0.25) is 0 Å². The highest BCUT2D eigenvalue weighted by Crippen LogP contribution is 2.21. The first-order valence-electron chi connectivity index (χ1n) is 9.37. The molecule has 1 aliphatic rings. The summed E-state index contributed by atoms with van der Waals surface area (Å²) in [5.74, 6) is 0.869. The van der Waals surface area contributed by atoms with Crippen LogP contribution in [0.5, 0.6) is 5.75 Å². The molecule has 4 nitrogen and oxygen atoms in total. The fourth-order valence-corrected chi connectivity index (χ4v) is 3.32. The lowest BCUT2D eigenvalue weighted by atomic mass is 9.94. The Morgan fingerprint density at radius 3 is 2.44 bits per heavy atom. The van der Waals surface area contributed by atoms with Crippen LogP contribution in [0, 0.1) is 0 Å². The third-order valence-corrected chi connectivity index (χ3v) is 4.84. The lowest BCUT2D eigenvalue weighted by molar-refractivity contribution is 0.00326. The Kier molecular flexibility index (Phi) is 11.1. The number of hydrogen-bond donors (Lipinski definition) is 1. The minimum atomic E-state index is -0.430. The molecule has 0 aliphatic heterocycles. The normalized spacial score (nSPS) is 16.5. The number of likely N-dealkylation sites (N-methyl/N-ethyl adjacent to an activating group) is 1. The molecule has 1 N–H and O–H groups in total. The molecule has 25 heavy (non-hydrogen) atoms. The highest BCUT2D eigenvalue weighted by Gasteiger charge is 2.19. The molecule has 1 saturated carbocycles. The Hall–Kier alpha value is -0.810. The van der Waals surface area contributed by atoms with Crippen molar-refractivity contribution < 1.29 is 14.6 Å². The van der Waals surface area contributed by atoms with E-state index in [0.29, 0.717) is 32.4 Å². The van der Waals surface area contributed by atoms with E-state index in [1.165, 1.54) is 37.7 Å². The topological polar surface area (TPSA) is 41.9 Å². The van der Waals surface area contributed by atoms with Gasteiger partial charge in [0.15, 0.2) is 0 Å². The zero-order chi connectivity index (χ0) is 17.2. The molecule has 1 atom stereocenters. The smallest absolute Gasteiger partial charge is 0.119 e. The van der Waals surface area contributed by atoms with Crippen LogP contribution in [0.25, 0.3) is 0 Å². The Morgan fingerprint density at radius 2 is 1.80 bits per heavy atom. The minimum Gasteiger partial charge on any atom is -0.491 e. The number of nitrogens with zero attached hydrogens (tertiary/aromatic N) is 1. The average Bonchev–Trinajstić information content (AvgIpc) is 2.62. The van der Waals surface area contributed by atoms with E-state index >= 15 is 0 Å². The zero-order valence-electron chi connectivity index (χ0n) is 15.7. The van der Waals surface area contributed by atoms with Crippen LogP contribution in [-0.4, -0.2) is 55.6 Å². The van der Waals surface area contributed by atoms with Crippen molar-refractivity contribution in [3.8, 4) is 5.75 Å². The average molecular weight is 372 g/mol. The summed E-state index contributed by atoms with van der Waals surface area (Å²) in [5.41, 5.74) is 1.31. The summed E-state index contributed by atoms with van der Waals surface area (Å²) in [4.78, 5) is 2.29. The second-order valence-corrected chi connectivity index (χ2v) is 6.81. The van der Waals surface area contributed by atoms with E-state index in [9.17, 15) is 5.11 Å². The van der Waals surface area contributed by atoms with Gasteiger partial charge in [-0.3, -0.25) is 0 Å². The van der Waals surface area contributed by atoms with E-state index in [2.05, 4.69) is 31.0 Å². The molecule has 0 unspecified atom stereocenters. The molecule has 0 spiro atoms. The third-order valence-electron chi connectivity index (χ3n) is 4.84. The molecular formula is C20H34ClNO3. The van der Waals surface area contributed by atoms with Crippen molar-refractivity contribution in [2.45, 2.75) is 57.6 Å². The Morgan fingerprint density at radius 1 is 1.12 bits per heavy atom. The van der Waals surface area contributed by atoms with Gasteiger partial charge in [-0.1, -0.05) is 38.3 Å². The van der Waals surface area contributed by atoms with Crippen molar-refractivity contribution in [1.29, 1.82) is 0 Å². The van der Waals surface area contributed by atoms with Crippen LogP contribution in [-0.2, 0) is 11.2 Å². The highest BCUT2D eigenvalue weighted by atomic mass is 35.5. The fraction of sp³-hybridized carbons (Fsp3) is 0.700. The highest BCUT2D eigenvalue weighted by molar-refractivity contribution is 5.85. The predicted octanol–water partition coefficient (Wildman–Crippen LogP) is 3.69. The first-order chi connectivity index (χ1) is 11.7. The largest absolute Gasteiger partial charge is 0.491 e. The molecule has 0 heterocycles. The van der Waals surface area contributed by atoms with Gasteiger partial charge in [-0.05, 0) is 44.0 Å². The van der Waals surface area contributed by atoms with Crippen molar-refractivity contribution >= 4 is 12.4 Å². The molecule has 0 saturated heterocycles. The number of ether oxygens (including phenoxy) is 2. The van der Waals surface area contributed by atoms with Gasteiger partial charge >= 0.3 is 0 Å². The lowest BCUT2D eigenvalue weighted by Crippen LogP contribution is -2.40. The standard InChI is InChI=1S/C20H33NO3.ClH/c1-3-17-9-11-20(12-10-17)24-14-13-23-16-19(22)15-21(2)18-7-5-4-6-8-18;/h9-12,18-19,22H,3-8,13-16H2,1-2H3;1H/t19-;/m0./s1. The first-order valence-corrected chi connectivity index (χ1v) is 9.37. The number of halogens is 1. The molecule has 0 bridgehead atoms. The second kappa shape index (κ2) is 12.5. The third kappa shape index (κ3) is 8.41. The maximum absolute atomic E-state index is 10.1. The Bertz CT molecular complexity index is 449. The fourth-order valence-electron chi connectivity index (χ4n) is 3.32. The maximum Gasteiger partial charge on any atom is 0.119 e. The molecule has 2 rings (SSSR count). The molecular weight excluding hydrogens is 338 g/mol. The second-order valence-electron chi connectivity index (χ2n) is 6.81. The number of aliphatic hydroxyl groups is 1. The zero-order valence-corrected chi connectivity index (χ0v) is 16.5. The SMILES string of the molecule is CCc1ccc(OCCOC[C@@H](O)CN(C)C2CCCCC2)cc1.Cl. The number of rotatable bonds is 10. The monoisotopic (exact) mass is 371 g/mol. The van der Waals surface area contributed by atoms with E-state index in [-0.39, 0.29) is 12.4 Å². The Labute approximate surface area is 158 Å². The van der Waals surface area contributed by atoms with E-state index < -0.39 is 6.10 Å². The van der Waals surface area contributed by atoms with Crippen LogP contribution in [0.4, 0.5) is 0 Å².